The molecule has 0 saturated heterocycles. The first-order valence-corrected chi connectivity index (χ1v) is 7.40. The van der Waals surface area contributed by atoms with E-state index in [2.05, 4.69) is 26.1 Å². The zero-order valence-electron chi connectivity index (χ0n) is 12.4. The molecular weight excluding hydrogens is 238 g/mol. The van der Waals surface area contributed by atoms with Gasteiger partial charge in [-0.2, -0.15) is 0 Å². The summed E-state index contributed by atoms with van der Waals surface area (Å²) in [5.41, 5.74) is 0.434. The molecule has 2 atom stereocenters. The van der Waals surface area contributed by atoms with Gasteiger partial charge >= 0.3 is 0 Å². The van der Waals surface area contributed by atoms with Crippen LogP contribution in [0.1, 0.15) is 45.8 Å². The lowest BCUT2D eigenvalue weighted by Crippen LogP contribution is -2.34. The first-order chi connectivity index (χ1) is 9.05. The van der Waals surface area contributed by atoms with Gasteiger partial charge in [0.15, 0.2) is 0 Å². The summed E-state index contributed by atoms with van der Waals surface area (Å²) in [7, 11) is 0. The topological polar surface area (TPSA) is 34.4 Å². The van der Waals surface area contributed by atoms with Crippen LogP contribution >= 0.6 is 0 Å². The smallest absolute Gasteiger partial charge is 0.117 e. The van der Waals surface area contributed by atoms with Crippen molar-refractivity contribution in [2.75, 3.05) is 13.2 Å². The van der Waals surface area contributed by atoms with Gasteiger partial charge in [0.1, 0.15) is 5.76 Å². The maximum absolute atomic E-state index is 6.02. The van der Waals surface area contributed by atoms with Crippen LogP contribution in [-0.4, -0.2) is 19.3 Å². The van der Waals surface area contributed by atoms with Gasteiger partial charge < -0.3 is 14.5 Å². The molecular formula is C16H27NO2. The minimum Gasteiger partial charge on any atom is -0.468 e. The summed E-state index contributed by atoms with van der Waals surface area (Å²) in [6.07, 6.45) is 5.86. The number of ether oxygens (including phenoxy) is 1. The van der Waals surface area contributed by atoms with Crippen LogP contribution in [0.2, 0.25) is 0 Å². The molecule has 0 aliphatic heterocycles. The van der Waals surface area contributed by atoms with E-state index in [0.29, 0.717) is 11.5 Å². The number of rotatable bonds is 6. The highest BCUT2D eigenvalue weighted by atomic mass is 16.5. The molecule has 19 heavy (non-hydrogen) atoms. The molecule has 1 fully saturated rings. The first kappa shape index (κ1) is 14.6. The van der Waals surface area contributed by atoms with Gasteiger partial charge in [-0.1, -0.05) is 20.8 Å². The quantitative estimate of drug-likeness (QED) is 0.798. The van der Waals surface area contributed by atoms with E-state index in [0.717, 1.165) is 31.4 Å². The average molecular weight is 265 g/mol. The Morgan fingerprint density at radius 2 is 2.26 bits per heavy atom. The first-order valence-electron chi connectivity index (χ1n) is 7.40. The Balaban J connectivity index is 1.60. The highest BCUT2D eigenvalue weighted by Gasteiger charge is 2.32. The van der Waals surface area contributed by atoms with Crippen molar-refractivity contribution in [3.8, 4) is 0 Å². The number of furan rings is 1. The SMILES string of the molecule is CC1CC(OCCNCc2ccco2)CC(C)(C)C1. The van der Waals surface area contributed by atoms with Crippen LogP contribution in [-0.2, 0) is 11.3 Å². The predicted octanol–water partition coefficient (Wildman–Crippen LogP) is 3.60. The lowest BCUT2D eigenvalue weighted by atomic mass is 9.71. The molecule has 0 amide bonds. The second-order valence-corrected chi connectivity index (χ2v) is 6.66. The third-order valence-corrected chi connectivity index (χ3v) is 3.86. The maximum Gasteiger partial charge on any atom is 0.117 e. The van der Waals surface area contributed by atoms with E-state index in [1.807, 2.05) is 12.1 Å². The van der Waals surface area contributed by atoms with E-state index < -0.39 is 0 Å². The van der Waals surface area contributed by atoms with Crippen molar-refractivity contribution >= 4 is 0 Å². The van der Waals surface area contributed by atoms with Gasteiger partial charge in [-0.05, 0) is 42.7 Å². The van der Waals surface area contributed by atoms with Crippen LogP contribution < -0.4 is 5.32 Å². The van der Waals surface area contributed by atoms with Gasteiger partial charge in [0.25, 0.3) is 0 Å². The number of nitrogens with one attached hydrogen (secondary N) is 1. The minimum absolute atomic E-state index is 0.434. The van der Waals surface area contributed by atoms with Crippen LogP contribution in [0, 0.1) is 11.3 Å². The largest absolute Gasteiger partial charge is 0.468 e. The number of hydrogen-bond donors (Lipinski definition) is 1. The lowest BCUT2D eigenvalue weighted by Gasteiger charge is -2.38. The van der Waals surface area contributed by atoms with Crippen molar-refractivity contribution in [1.29, 1.82) is 0 Å². The van der Waals surface area contributed by atoms with E-state index in [-0.39, 0.29) is 0 Å². The molecule has 1 aliphatic carbocycles. The van der Waals surface area contributed by atoms with Gasteiger partial charge in [0.05, 0.1) is 25.5 Å². The molecule has 108 valence electrons. The molecule has 1 N–H and O–H groups in total. The van der Waals surface area contributed by atoms with Crippen molar-refractivity contribution in [2.24, 2.45) is 11.3 Å². The van der Waals surface area contributed by atoms with E-state index in [1.54, 1.807) is 6.26 Å². The molecule has 1 aromatic heterocycles. The zero-order valence-corrected chi connectivity index (χ0v) is 12.4. The second-order valence-electron chi connectivity index (χ2n) is 6.66. The summed E-state index contributed by atoms with van der Waals surface area (Å²) in [5.74, 6) is 1.76. The predicted molar refractivity (Wildman–Crippen MR) is 77.0 cm³/mol. The van der Waals surface area contributed by atoms with Crippen LogP contribution in [0.4, 0.5) is 0 Å². The molecule has 3 nitrogen and oxygen atoms in total. The lowest BCUT2D eigenvalue weighted by molar-refractivity contribution is -0.0214. The summed E-state index contributed by atoms with van der Waals surface area (Å²) in [6, 6.07) is 3.90. The molecule has 1 aromatic rings. The fourth-order valence-corrected chi connectivity index (χ4v) is 3.31. The Morgan fingerprint density at radius 1 is 1.42 bits per heavy atom. The van der Waals surface area contributed by atoms with Crippen molar-refractivity contribution in [2.45, 2.75) is 52.7 Å². The highest BCUT2D eigenvalue weighted by Crippen LogP contribution is 2.39. The Kier molecular flexibility index (Phi) is 5.06. The van der Waals surface area contributed by atoms with Crippen molar-refractivity contribution in [3.63, 3.8) is 0 Å². The molecule has 0 spiro atoms. The van der Waals surface area contributed by atoms with Crippen LogP contribution in [0.25, 0.3) is 0 Å². The molecule has 0 radical (unpaired) electrons. The van der Waals surface area contributed by atoms with E-state index >= 15 is 0 Å². The fraction of sp³-hybridized carbons (Fsp3) is 0.750. The zero-order chi connectivity index (χ0) is 13.7. The fourth-order valence-electron chi connectivity index (χ4n) is 3.31. The molecule has 2 rings (SSSR count). The standard InChI is InChI=1S/C16H27NO2/c1-13-9-15(11-16(2,3)10-13)19-8-6-17-12-14-5-4-7-18-14/h4-5,7,13,15,17H,6,8-12H2,1-3H3. The molecule has 1 saturated carbocycles. The van der Waals surface area contributed by atoms with Crippen LogP contribution in [0.3, 0.4) is 0 Å². The Morgan fingerprint density at radius 3 is 2.95 bits per heavy atom. The minimum atomic E-state index is 0.434. The normalized spacial score (nSPS) is 26.5. The van der Waals surface area contributed by atoms with E-state index in [4.69, 9.17) is 9.15 Å². The summed E-state index contributed by atoms with van der Waals surface area (Å²) in [4.78, 5) is 0. The van der Waals surface area contributed by atoms with Crippen molar-refractivity contribution in [3.05, 3.63) is 24.2 Å². The van der Waals surface area contributed by atoms with Crippen molar-refractivity contribution < 1.29 is 9.15 Å². The molecule has 3 heteroatoms. The monoisotopic (exact) mass is 265 g/mol. The molecule has 0 bridgehead atoms. The van der Waals surface area contributed by atoms with Gasteiger partial charge in [0.2, 0.25) is 0 Å². The summed E-state index contributed by atoms with van der Waals surface area (Å²) in [6.45, 7) is 9.50. The van der Waals surface area contributed by atoms with Crippen molar-refractivity contribution in [1.82, 2.24) is 5.32 Å². The molecule has 1 heterocycles. The Hall–Kier alpha value is -0.800. The van der Waals surface area contributed by atoms with Gasteiger partial charge in [-0.15, -0.1) is 0 Å². The molecule has 0 aromatic carbocycles. The summed E-state index contributed by atoms with van der Waals surface area (Å²) < 4.78 is 11.3. The Labute approximate surface area is 116 Å². The van der Waals surface area contributed by atoms with Gasteiger partial charge in [-0.3, -0.25) is 0 Å². The maximum atomic E-state index is 6.02. The third kappa shape index (κ3) is 5.00. The van der Waals surface area contributed by atoms with Crippen LogP contribution in [0.5, 0.6) is 0 Å². The average Bonchev–Trinajstić information content (AvgIpc) is 2.78. The van der Waals surface area contributed by atoms with Gasteiger partial charge in [0, 0.05) is 6.54 Å². The van der Waals surface area contributed by atoms with E-state index in [1.165, 1.54) is 19.3 Å². The molecule has 1 aliphatic rings. The van der Waals surface area contributed by atoms with E-state index in [9.17, 15) is 0 Å². The molecule has 2 unspecified atom stereocenters. The van der Waals surface area contributed by atoms with Crippen LogP contribution in [0.15, 0.2) is 22.8 Å². The third-order valence-electron chi connectivity index (χ3n) is 3.86. The van der Waals surface area contributed by atoms with Gasteiger partial charge in [-0.25, -0.2) is 0 Å². The second kappa shape index (κ2) is 6.58. The highest BCUT2D eigenvalue weighted by molar-refractivity contribution is 4.97. The number of hydrogen-bond acceptors (Lipinski definition) is 3. The summed E-state index contributed by atoms with van der Waals surface area (Å²) >= 11 is 0. The summed E-state index contributed by atoms with van der Waals surface area (Å²) in [5, 5.41) is 3.34. The Bertz CT molecular complexity index is 359.